The Balaban J connectivity index is 2.08. The molecule has 1 aromatic carbocycles. The van der Waals surface area contributed by atoms with E-state index < -0.39 is 0 Å². The summed E-state index contributed by atoms with van der Waals surface area (Å²) in [6, 6.07) is 11.1. The van der Waals surface area contributed by atoms with E-state index in [0.717, 1.165) is 32.2 Å². The van der Waals surface area contributed by atoms with Crippen LogP contribution in [0.15, 0.2) is 30.3 Å². The first-order chi connectivity index (χ1) is 10.1. The van der Waals surface area contributed by atoms with E-state index >= 15 is 0 Å². The summed E-state index contributed by atoms with van der Waals surface area (Å²) in [5.74, 6) is 0.733. The van der Waals surface area contributed by atoms with Gasteiger partial charge in [-0.15, -0.1) is 0 Å². The van der Waals surface area contributed by atoms with Crippen LogP contribution in [0.3, 0.4) is 0 Å². The third-order valence-electron chi connectivity index (χ3n) is 4.57. The van der Waals surface area contributed by atoms with Crippen molar-refractivity contribution in [3.63, 3.8) is 0 Å². The van der Waals surface area contributed by atoms with Gasteiger partial charge in [-0.3, -0.25) is 4.79 Å². The van der Waals surface area contributed by atoms with Crippen LogP contribution in [0.2, 0.25) is 0 Å². The summed E-state index contributed by atoms with van der Waals surface area (Å²) in [5.41, 5.74) is 7.14. The van der Waals surface area contributed by atoms with Gasteiger partial charge in [0.1, 0.15) is 0 Å². The number of carbonyl (C=O) groups is 1. The maximum absolute atomic E-state index is 12.5. The molecule has 3 unspecified atom stereocenters. The molecule has 21 heavy (non-hydrogen) atoms. The van der Waals surface area contributed by atoms with E-state index in [1.165, 1.54) is 5.56 Å². The average Bonchev–Trinajstić information content (AvgIpc) is 2.96. The Bertz CT molecular complexity index is 444. The topological polar surface area (TPSA) is 46.3 Å². The van der Waals surface area contributed by atoms with Gasteiger partial charge in [-0.1, -0.05) is 37.3 Å². The summed E-state index contributed by atoms with van der Waals surface area (Å²) in [7, 11) is 0. The van der Waals surface area contributed by atoms with Gasteiger partial charge in [0.25, 0.3) is 0 Å². The minimum absolute atomic E-state index is 0.103. The first-order valence-corrected chi connectivity index (χ1v) is 8.23. The molecule has 1 saturated heterocycles. The molecule has 1 aliphatic rings. The number of likely N-dealkylation sites (tertiary alicyclic amines) is 1. The predicted molar refractivity (Wildman–Crippen MR) is 87.1 cm³/mol. The molecule has 1 heterocycles. The van der Waals surface area contributed by atoms with Crippen LogP contribution >= 0.6 is 0 Å². The monoisotopic (exact) mass is 288 g/mol. The minimum Gasteiger partial charge on any atom is -0.339 e. The number of amides is 1. The number of rotatable bonds is 6. The normalized spacial score (nSPS) is 21.3. The van der Waals surface area contributed by atoms with Crippen LogP contribution in [0.1, 0.15) is 57.4 Å². The molecule has 0 aromatic heterocycles. The van der Waals surface area contributed by atoms with Crippen molar-refractivity contribution in [2.24, 2.45) is 5.73 Å². The van der Waals surface area contributed by atoms with Gasteiger partial charge in [0.2, 0.25) is 5.91 Å². The molecule has 2 rings (SSSR count). The fourth-order valence-corrected chi connectivity index (χ4v) is 3.45. The van der Waals surface area contributed by atoms with Crippen LogP contribution in [0.5, 0.6) is 0 Å². The lowest BCUT2D eigenvalue weighted by Gasteiger charge is -2.32. The van der Waals surface area contributed by atoms with Crippen molar-refractivity contribution in [3.8, 4) is 0 Å². The van der Waals surface area contributed by atoms with E-state index in [4.69, 9.17) is 5.73 Å². The lowest BCUT2D eigenvalue weighted by Crippen LogP contribution is -2.39. The lowest BCUT2D eigenvalue weighted by molar-refractivity contribution is -0.132. The summed E-state index contributed by atoms with van der Waals surface area (Å²) in [6.07, 6.45) is 4.69. The summed E-state index contributed by atoms with van der Waals surface area (Å²) in [5, 5.41) is 0. The van der Waals surface area contributed by atoms with Gasteiger partial charge in [-0.2, -0.15) is 0 Å². The first-order valence-electron chi connectivity index (χ1n) is 8.23. The number of nitrogens with two attached hydrogens (primary N) is 1. The molecule has 3 nitrogen and oxygen atoms in total. The van der Waals surface area contributed by atoms with Crippen LogP contribution in [-0.4, -0.2) is 29.4 Å². The van der Waals surface area contributed by atoms with Crippen LogP contribution in [0.4, 0.5) is 0 Å². The number of carbonyl (C=O) groups excluding carboxylic acids is 1. The van der Waals surface area contributed by atoms with Crippen LogP contribution in [0, 0.1) is 0 Å². The van der Waals surface area contributed by atoms with Gasteiger partial charge in [0.05, 0.1) is 0 Å². The molecule has 1 amide bonds. The standard InChI is InChI=1S/C18H28N2O/c1-3-16(15-8-5-4-6-9-15)17-10-7-13-20(17)18(21)12-11-14(2)19/h4-6,8-9,14,16-17H,3,7,10-13,19H2,1-2H3. The minimum atomic E-state index is 0.103. The van der Waals surface area contributed by atoms with Crippen LogP contribution < -0.4 is 5.73 Å². The third-order valence-corrected chi connectivity index (χ3v) is 4.57. The Morgan fingerprint density at radius 1 is 1.38 bits per heavy atom. The van der Waals surface area contributed by atoms with Gasteiger partial charge in [-0.05, 0) is 38.2 Å². The molecule has 1 aliphatic heterocycles. The third kappa shape index (κ3) is 4.07. The zero-order valence-corrected chi connectivity index (χ0v) is 13.3. The largest absolute Gasteiger partial charge is 0.339 e. The molecule has 1 aromatic rings. The highest BCUT2D eigenvalue weighted by molar-refractivity contribution is 5.77. The number of hydrogen-bond acceptors (Lipinski definition) is 2. The van der Waals surface area contributed by atoms with Crippen molar-refractivity contribution >= 4 is 5.91 Å². The van der Waals surface area contributed by atoms with Crippen molar-refractivity contribution in [2.45, 2.75) is 64.0 Å². The van der Waals surface area contributed by atoms with Crippen molar-refractivity contribution in [1.29, 1.82) is 0 Å². The SMILES string of the molecule is CCC(c1ccccc1)C1CCCN1C(=O)CCC(C)N. The number of hydrogen-bond donors (Lipinski definition) is 1. The highest BCUT2D eigenvalue weighted by Gasteiger charge is 2.34. The van der Waals surface area contributed by atoms with E-state index in [1.807, 2.05) is 6.92 Å². The van der Waals surface area contributed by atoms with E-state index in [9.17, 15) is 4.79 Å². The molecule has 2 N–H and O–H groups in total. The molecular weight excluding hydrogens is 260 g/mol. The van der Waals surface area contributed by atoms with Crippen molar-refractivity contribution in [2.75, 3.05) is 6.54 Å². The Kier molecular flexibility index (Phi) is 5.80. The van der Waals surface area contributed by atoms with Crippen molar-refractivity contribution in [3.05, 3.63) is 35.9 Å². The zero-order chi connectivity index (χ0) is 15.2. The molecular formula is C18H28N2O. The number of nitrogens with zero attached hydrogens (tertiary/aromatic N) is 1. The predicted octanol–water partition coefficient (Wildman–Crippen LogP) is 3.30. The van der Waals surface area contributed by atoms with Crippen molar-refractivity contribution in [1.82, 2.24) is 4.90 Å². The first kappa shape index (κ1) is 16.0. The summed E-state index contributed by atoms with van der Waals surface area (Å²) in [6.45, 7) is 5.10. The zero-order valence-electron chi connectivity index (χ0n) is 13.3. The molecule has 0 spiro atoms. The Morgan fingerprint density at radius 2 is 2.10 bits per heavy atom. The number of benzene rings is 1. The summed E-state index contributed by atoms with van der Waals surface area (Å²) >= 11 is 0. The summed E-state index contributed by atoms with van der Waals surface area (Å²) in [4.78, 5) is 14.6. The van der Waals surface area contributed by atoms with E-state index in [0.29, 0.717) is 18.4 Å². The molecule has 3 heteroatoms. The molecule has 0 saturated carbocycles. The maximum atomic E-state index is 12.5. The molecule has 0 radical (unpaired) electrons. The Morgan fingerprint density at radius 3 is 2.71 bits per heavy atom. The second-order valence-corrected chi connectivity index (χ2v) is 6.24. The highest BCUT2D eigenvalue weighted by atomic mass is 16.2. The maximum Gasteiger partial charge on any atom is 0.222 e. The van der Waals surface area contributed by atoms with E-state index in [1.54, 1.807) is 0 Å². The van der Waals surface area contributed by atoms with Crippen molar-refractivity contribution < 1.29 is 4.79 Å². The van der Waals surface area contributed by atoms with Gasteiger partial charge < -0.3 is 10.6 Å². The second-order valence-electron chi connectivity index (χ2n) is 6.24. The van der Waals surface area contributed by atoms with Crippen LogP contribution in [0.25, 0.3) is 0 Å². The van der Waals surface area contributed by atoms with Gasteiger partial charge in [0, 0.05) is 31.0 Å². The van der Waals surface area contributed by atoms with Gasteiger partial charge in [0.15, 0.2) is 0 Å². The molecule has 1 fully saturated rings. The van der Waals surface area contributed by atoms with E-state index in [-0.39, 0.29) is 11.9 Å². The lowest BCUT2D eigenvalue weighted by atomic mass is 9.87. The Labute approximate surface area is 128 Å². The van der Waals surface area contributed by atoms with Crippen LogP contribution in [-0.2, 0) is 4.79 Å². The Hall–Kier alpha value is -1.35. The molecule has 3 atom stereocenters. The molecule has 116 valence electrons. The van der Waals surface area contributed by atoms with E-state index in [2.05, 4.69) is 42.2 Å². The highest BCUT2D eigenvalue weighted by Crippen LogP contribution is 2.34. The summed E-state index contributed by atoms with van der Waals surface area (Å²) < 4.78 is 0. The fourth-order valence-electron chi connectivity index (χ4n) is 3.45. The smallest absolute Gasteiger partial charge is 0.222 e. The molecule has 0 bridgehead atoms. The van der Waals surface area contributed by atoms with Gasteiger partial charge >= 0.3 is 0 Å². The molecule has 0 aliphatic carbocycles. The second kappa shape index (κ2) is 7.60. The van der Waals surface area contributed by atoms with Gasteiger partial charge in [-0.25, -0.2) is 0 Å². The fraction of sp³-hybridized carbons (Fsp3) is 0.611. The quantitative estimate of drug-likeness (QED) is 0.873. The average molecular weight is 288 g/mol.